The smallest absolute Gasteiger partial charge is 0.433 e. The zero-order valence-electron chi connectivity index (χ0n) is 18.1. The molecule has 1 saturated heterocycles. The number of carbonyl (C=O) groups excluding carboxylic acids is 1. The molecule has 0 atom stereocenters. The van der Waals surface area contributed by atoms with Crippen molar-refractivity contribution in [2.24, 2.45) is 5.92 Å². The minimum absolute atomic E-state index is 0.0135. The number of sulfonamides is 1. The van der Waals surface area contributed by atoms with Gasteiger partial charge in [0.15, 0.2) is 5.58 Å². The van der Waals surface area contributed by atoms with E-state index < -0.39 is 28.0 Å². The number of alkyl halides is 3. The molecule has 0 bridgehead atoms. The second kappa shape index (κ2) is 8.38. The molecule has 2 aromatic carbocycles. The van der Waals surface area contributed by atoms with E-state index in [1.54, 1.807) is 12.1 Å². The van der Waals surface area contributed by atoms with Crippen LogP contribution in [0.1, 0.15) is 36.3 Å². The van der Waals surface area contributed by atoms with E-state index in [1.807, 2.05) is 6.07 Å². The van der Waals surface area contributed by atoms with Crippen LogP contribution in [0.15, 0.2) is 45.7 Å². The van der Waals surface area contributed by atoms with Gasteiger partial charge in [-0.3, -0.25) is 4.79 Å². The average Bonchev–Trinajstić information content (AvgIpc) is 3.45. The number of rotatable bonds is 4. The van der Waals surface area contributed by atoms with Crippen molar-refractivity contribution in [1.29, 1.82) is 0 Å². The Morgan fingerprint density at radius 2 is 1.79 bits per heavy atom. The van der Waals surface area contributed by atoms with E-state index in [2.05, 4.69) is 10.3 Å². The second-order valence-corrected chi connectivity index (χ2v) is 10.6. The molecule has 0 radical (unpaired) electrons. The van der Waals surface area contributed by atoms with Crippen molar-refractivity contribution in [1.82, 2.24) is 9.29 Å². The Labute approximate surface area is 194 Å². The SMILES string of the molecule is O=C(Nc1ccc2oc(C(F)(F)F)nc2c1)C1CCN(S(=O)(=O)c2ccc3c(c2)CCC3)CC1. The molecule has 1 aliphatic carbocycles. The largest absolute Gasteiger partial charge is 0.468 e. The molecular formula is C23H22F3N3O4S. The quantitative estimate of drug-likeness (QED) is 0.583. The van der Waals surface area contributed by atoms with Crippen LogP contribution in [0.3, 0.4) is 0 Å². The molecule has 3 aromatic rings. The van der Waals surface area contributed by atoms with Gasteiger partial charge in [-0.1, -0.05) is 6.07 Å². The predicted octanol–water partition coefficient (Wildman–Crippen LogP) is 4.37. The first-order chi connectivity index (χ1) is 16.1. The van der Waals surface area contributed by atoms with Crippen LogP contribution >= 0.6 is 0 Å². The van der Waals surface area contributed by atoms with E-state index in [9.17, 15) is 26.4 Å². The zero-order valence-corrected chi connectivity index (χ0v) is 18.9. The van der Waals surface area contributed by atoms with Crippen molar-refractivity contribution < 1.29 is 30.8 Å². The standard InChI is InChI=1S/C23H22F3N3O4S/c24-23(25,26)22-28-19-13-17(5-7-20(19)33-22)27-21(30)15-8-10-29(11-9-15)34(31,32)18-6-4-14-2-1-3-16(14)12-18/h4-7,12-13,15H,1-3,8-11H2,(H,27,30). The number of hydrogen-bond donors (Lipinski definition) is 1. The highest BCUT2D eigenvalue weighted by Gasteiger charge is 2.37. The molecule has 11 heteroatoms. The summed E-state index contributed by atoms with van der Waals surface area (Å²) in [7, 11) is -3.63. The van der Waals surface area contributed by atoms with Crippen molar-refractivity contribution in [2.45, 2.75) is 43.2 Å². The highest BCUT2D eigenvalue weighted by molar-refractivity contribution is 7.89. The van der Waals surface area contributed by atoms with Crippen LogP contribution < -0.4 is 5.32 Å². The Hall–Kier alpha value is -2.92. The molecule has 34 heavy (non-hydrogen) atoms. The van der Waals surface area contributed by atoms with Crippen LogP contribution in [0.5, 0.6) is 0 Å². The number of anilines is 1. The number of aryl methyl sites for hydroxylation is 2. The second-order valence-electron chi connectivity index (χ2n) is 8.65. The van der Waals surface area contributed by atoms with E-state index in [0.717, 1.165) is 24.8 Å². The Morgan fingerprint density at radius 3 is 2.53 bits per heavy atom. The lowest BCUT2D eigenvalue weighted by Crippen LogP contribution is -2.41. The van der Waals surface area contributed by atoms with Crippen LogP contribution in [0, 0.1) is 5.92 Å². The number of nitrogens with zero attached hydrogens (tertiary/aromatic N) is 2. The van der Waals surface area contributed by atoms with Gasteiger partial charge in [-0.05, 0) is 73.6 Å². The van der Waals surface area contributed by atoms with Gasteiger partial charge in [0.1, 0.15) is 5.52 Å². The molecule has 1 N–H and O–H groups in total. The van der Waals surface area contributed by atoms with Gasteiger partial charge in [-0.15, -0.1) is 0 Å². The van der Waals surface area contributed by atoms with E-state index in [4.69, 9.17) is 4.42 Å². The average molecular weight is 494 g/mol. The van der Waals surface area contributed by atoms with Crippen molar-refractivity contribution in [3.8, 4) is 0 Å². The number of fused-ring (bicyclic) bond motifs is 2. The highest BCUT2D eigenvalue weighted by Crippen LogP contribution is 2.32. The van der Waals surface area contributed by atoms with E-state index in [1.165, 1.54) is 28.1 Å². The first-order valence-electron chi connectivity index (χ1n) is 11.0. The third-order valence-electron chi connectivity index (χ3n) is 6.43. The van der Waals surface area contributed by atoms with Gasteiger partial charge in [0.05, 0.1) is 4.90 Å². The molecule has 0 spiro atoms. The molecule has 0 saturated carbocycles. The molecule has 1 aliphatic heterocycles. The normalized spacial score (nSPS) is 17.7. The summed E-state index contributed by atoms with van der Waals surface area (Å²) in [6.07, 6.45) is -1.11. The van der Waals surface area contributed by atoms with Gasteiger partial charge < -0.3 is 9.73 Å². The molecule has 2 aliphatic rings. The van der Waals surface area contributed by atoms with Crippen LogP contribution in [-0.4, -0.2) is 36.7 Å². The fourth-order valence-corrected chi connectivity index (χ4v) is 6.11. The number of amides is 1. The first-order valence-corrected chi connectivity index (χ1v) is 12.5. The first kappa shape index (κ1) is 22.9. The van der Waals surface area contributed by atoms with Crippen LogP contribution in [0.4, 0.5) is 18.9 Å². The predicted molar refractivity (Wildman–Crippen MR) is 118 cm³/mol. The van der Waals surface area contributed by atoms with Crippen LogP contribution in [0.2, 0.25) is 0 Å². The topological polar surface area (TPSA) is 92.5 Å². The summed E-state index contributed by atoms with van der Waals surface area (Å²) in [4.78, 5) is 16.4. The Kier molecular flexibility index (Phi) is 5.64. The number of benzene rings is 2. The molecule has 2 heterocycles. The minimum atomic E-state index is -4.70. The van der Waals surface area contributed by atoms with E-state index in [-0.39, 0.29) is 35.0 Å². The maximum Gasteiger partial charge on any atom is 0.468 e. The molecule has 1 amide bonds. The number of hydrogen-bond acceptors (Lipinski definition) is 5. The lowest BCUT2D eigenvalue weighted by Gasteiger charge is -2.30. The van der Waals surface area contributed by atoms with Gasteiger partial charge in [0, 0.05) is 24.7 Å². The van der Waals surface area contributed by atoms with Gasteiger partial charge in [0.25, 0.3) is 0 Å². The number of nitrogens with one attached hydrogen (secondary N) is 1. The molecule has 1 aromatic heterocycles. The maximum atomic E-state index is 13.1. The molecular weight excluding hydrogens is 471 g/mol. The monoisotopic (exact) mass is 493 g/mol. The lowest BCUT2D eigenvalue weighted by atomic mass is 9.97. The highest BCUT2D eigenvalue weighted by atomic mass is 32.2. The van der Waals surface area contributed by atoms with Crippen molar-refractivity contribution in [3.05, 3.63) is 53.4 Å². The summed E-state index contributed by atoms with van der Waals surface area (Å²) >= 11 is 0. The minimum Gasteiger partial charge on any atom is -0.433 e. The van der Waals surface area contributed by atoms with Crippen LogP contribution in [-0.2, 0) is 33.8 Å². The molecule has 5 rings (SSSR count). The molecule has 7 nitrogen and oxygen atoms in total. The third kappa shape index (κ3) is 4.29. The Balaban J connectivity index is 1.23. The van der Waals surface area contributed by atoms with E-state index in [0.29, 0.717) is 18.5 Å². The summed E-state index contributed by atoms with van der Waals surface area (Å²) in [5.41, 5.74) is 2.54. The molecule has 180 valence electrons. The van der Waals surface area contributed by atoms with Gasteiger partial charge in [-0.25, -0.2) is 13.4 Å². The number of piperidine rings is 1. The summed E-state index contributed by atoms with van der Waals surface area (Å²) in [6, 6.07) is 9.39. The Bertz CT molecular complexity index is 1360. The third-order valence-corrected chi connectivity index (χ3v) is 8.32. The van der Waals surface area contributed by atoms with Crippen LogP contribution in [0.25, 0.3) is 11.1 Å². The molecule has 1 fully saturated rings. The lowest BCUT2D eigenvalue weighted by molar-refractivity contribution is -0.156. The number of oxazole rings is 1. The zero-order chi connectivity index (χ0) is 24.1. The van der Waals surface area contributed by atoms with Crippen molar-refractivity contribution in [3.63, 3.8) is 0 Å². The van der Waals surface area contributed by atoms with E-state index >= 15 is 0 Å². The van der Waals surface area contributed by atoms with Gasteiger partial charge >= 0.3 is 12.1 Å². The fraction of sp³-hybridized carbons (Fsp3) is 0.391. The van der Waals surface area contributed by atoms with Gasteiger partial charge in [0.2, 0.25) is 15.9 Å². The fourth-order valence-electron chi connectivity index (χ4n) is 4.59. The Morgan fingerprint density at radius 1 is 1.06 bits per heavy atom. The summed E-state index contributed by atoms with van der Waals surface area (Å²) < 4.78 is 70.6. The summed E-state index contributed by atoms with van der Waals surface area (Å²) in [5, 5.41) is 2.70. The summed E-state index contributed by atoms with van der Waals surface area (Å²) in [5.74, 6) is -2.07. The molecule has 0 unspecified atom stereocenters. The maximum absolute atomic E-state index is 13.1. The number of carbonyl (C=O) groups is 1. The van der Waals surface area contributed by atoms with Crippen molar-refractivity contribution in [2.75, 3.05) is 18.4 Å². The van der Waals surface area contributed by atoms with Gasteiger partial charge in [-0.2, -0.15) is 17.5 Å². The van der Waals surface area contributed by atoms with Crippen molar-refractivity contribution >= 4 is 32.7 Å². The number of halogens is 3. The summed E-state index contributed by atoms with van der Waals surface area (Å²) in [6.45, 7) is 0.434. The number of aromatic nitrogens is 1.